The first-order valence-electron chi connectivity index (χ1n) is 10.9. The van der Waals surface area contributed by atoms with E-state index in [2.05, 4.69) is 26.4 Å². The van der Waals surface area contributed by atoms with Gasteiger partial charge in [-0.1, -0.05) is 48.0 Å². The molecule has 1 aliphatic rings. The molecule has 0 unspecified atom stereocenters. The summed E-state index contributed by atoms with van der Waals surface area (Å²) in [6.45, 7) is 4.70. The van der Waals surface area contributed by atoms with Gasteiger partial charge in [-0.2, -0.15) is 5.10 Å². The van der Waals surface area contributed by atoms with Gasteiger partial charge in [0.15, 0.2) is 0 Å². The van der Waals surface area contributed by atoms with E-state index in [4.69, 9.17) is 16.3 Å². The number of nitrogens with one attached hydrogen (secondary N) is 1. The quantitative estimate of drug-likeness (QED) is 0.416. The maximum Gasteiger partial charge on any atom is 0.271 e. The lowest BCUT2D eigenvalue weighted by Crippen LogP contribution is -2.46. The highest BCUT2D eigenvalue weighted by atomic mass is 35.5. The Morgan fingerprint density at radius 3 is 2.39 bits per heavy atom. The molecule has 3 aromatic carbocycles. The van der Waals surface area contributed by atoms with Gasteiger partial charge in [-0.25, -0.2) is 5.43 Å². The number of hydrogen-bond donors (Lipinski definition) is 1. The van der Waals surface area contributed by atoms with E-state index in [-0.39, 0.29) is 5.91 Å². The summed E-state index contributed by atoms with van der Waals surface area (Å²) in [5.41, 5.74) is 6.33. The first-order valence-corrected chi connectivity index (χ1v) is 11.3. The average molecular weight is 463 g/mol. The van der Waals surface area contributed by atoms with Gasteiger partial charge in [0, 0.05) is 43.3 Å². The normalized spacial score (nSPS) is 14.4. The summed E-state index contributed by atoms with van der Waals surface area (Å²) in [7, 11) is 1.71. The van der Waals surface area contributed by atoms with Crippen LogP contribution in [0.5, 0.6) is 5.75 Å². The SMILES string of the molecule is COc1ccccc1N1CCN(Cc2ccc(C(=O)N/N=C\c3ccc(Cl)cc3)cc2)CC1. The summed E-state index contributed by atoms with van der Waals surface area (Å²) in [6, 6.07) is 23.1. The standard InChI is InChI=1S/C26H27ClN4O2/c1-33-25-5-3-2-4-24(25)31-16-14-30(15-17-31)19-21-6-10-22(11-7-21)26(32)29-28-18-20-8-12-23(27)13-9-20/h2-13,18H,14-17,19H2,1H3,(H,29,32)/b28-18-. The number of anilines is 1. The maximum atomic E-state index is 12.3. The Bertz CT molecular complexity index is 1090. The van der Waals surface area contributed by atoms with E-state index in [1.165, 1.54) is 5.56 Å². The van der Waals surface area contributed by atoms with Crippen molar-refractivity contribution in [3.63, 3.8) is 0 Å². The van der Waals surface area contributed by atoms with Crippen LogP contribution < -0.4 is 15.1 Å². The number of halogens is 1. The van der Waals surface area contributed by atoms with Gasteiger partial charge in [0.25, 0.3) is 5.91 Å². The van der Waals surface area contributed by atoms with E-state index in [1.54, 1.807) is 25.5 Å². The Morgan fingerprint density at radius 1 is 1.00 bits per heavy atom. The molecule has 1 heterocycles. The average Bonchev–Trinajstić information content (AvgIpc) is 2.86. The summed E-state index contributed by atoms with van der Waals surface area (Å²) in [4.78, 5) is 17.1. The Kier molecular flexibility index (Phi) is 7.60. The van der Waals surface area contributed by atoms with Crippen LogP contribution >= 0.6 is 11.6 Å². The first kappa shape index (κ1) is 22.8. The zero-order valence-corrected chi connectivity index (χ0v) is 19.3. The van der Waals surface area contributed by atoms with Crippen LogP contribution in [0.3, 0.4) is 0 Å². The van der Waals surface area contributed by atoms with Crippen LogP contribution in [-0.4, -0.2) is 50.3 Å². The third kappa shape index (κ3) is 6.12. The van der Waals surface area contributed by atoms with Crippen molar-refractivity contribution >= 4 is 29.4 Å². The van der Waals surface area contributed by atoms with Crippen LogP contribution in [-0.2, 0) is 6.54 Å². The molecule has 33 heavy (non-hydrogen) atoms. The first-order chi connectivity index (χ1) is 16.1. The smallest absolute Gasteiger partial charge is 0.271 e. The number of para-hydroxylation sites is 2. The molecule has 1 amide bonds. The number of rotatable bonds is 7. The Labute approximate surface area is 199 Å². The molecule has 0 radical (unpaired) electrons. The lowest BCUT2D eigenvalue weighted by atomic mass is 10.1. The number of piperazine rings is 1. The van der Waals surface area contributed by atoms with Gasteiger partial charge in [-0.3, -0.25) is 9.69 Å². The fourth-order valence-electron chi connectivity index (χ4n) is 3.84. The van der Waals surface area contributed by atoms with Crippen LogP contribution in [0.2, 0.25) is 5.02 Å². The Balaban J connectivity index is 1.26. The van der Waals surface area contributed by atoms with E-state index in [1.807, 2.05) is 54.6 Å². The molecule has 170 valence electrons. The predicted octanol–water partition coefficient (Wildman–Crippen LogP) is 4.43. The van der Waals surface area contributed by atoms with Crippen molar-refractivity contribution in [2.45, 2.75) is 6.54 Å². The Morgan fingerprint density at radius 2 is 1.70 bits per heavy atom. The summed E-state index contributed by atoms with van der Waals surface area (Å²) < 4.78 is 5.50. The summed E-state index contributed by atoms with van der Waals surface area (Å²) in [5.74, 6) is 0.675. The Hall–Kier alpha value is -3.35. The maximum absolute atomic E-state index is 12.3. The molecule has 1 aliphatic heterocycles. The second-order valence-electron chi connectivity index (χ2n) is 7.88. The van der Waals surface area contributed by atoms with Crippen molar-refractivity contribution < 1.29 is 9.53 Å². The van der Waals surface area contributed by atoms with Crippen molar-refractivity contribution in [3.8, 4) is 5.75 Å². The molecule has 0 bridgehead atoms. The minimum absolute atomic E-state index is 0.239. The number of hydrogen-bond acceptors (Lipinski definition) is 5. The highest BCUT2D eigenvalue weighted by molar-refractivity contribution is 6.30. The van der Waals surface area contributed by atoms with Gasteiger partial charge in [0.2, 0.25) is 0 Å². The summed E-state index contributed by atoms with van der Waals surface area (Å²) >= 11 is 5.87. The molecule has 1 fully saturated rings. The molecule has 0 aliphatic carbocycles. The number of hydrazone groups is 1. The molecule has 4 rings (SSSR count). The van der Waals surface area contributed by atoms with Crippen molar-refractivity contribution in [2.75, 3.05) is 38.2 Å². The fourth-order valence-corrected chi connectivity index (χ4v) is 3.96. The number of carbonyl (C=O) groups is 1. The highest BCUT2D eigenvalue weighted by Gasteiger charge is 2.19. The lowest BCUT2D eigenvalue weighted by molar-refractivity contribution is 0.0955. The van der Waals surface area contributed by atoms with Gasteiger partial charge >= 0.3 is 0 Å². The molecule has 0 atom stereocenters. The number of ether oxygens (including phenoxy) is 1. The molecule has 0 saturated carbocycles. The molecule has 1 N–H and O–H groups in total. The van der Waals surface area contributed by atoms with E-state index in [0.29, 0.717) is 10.6 Å². The van der Waals surface area contributed by atoms with Crippen LogP contribution in [0.4, 0.5) is 5.69 Å². The number of amides is 1. The van der Waals surface area contributed by atoms with Crippen molar-refractivity contribution in [3.05, 3.63) is 94.5 Å². The zero-order chi connectivity index (χ0) is 23.0. The molecule has 6 nitrogen and oxygen atoms in total. The van der Waals surface area contributed by atoms with Crippen LogP contribution in [0.15, 0.2) is 77.9 Å². The number of benzene rings is 3. The van der Waals surface area contributed by atoms with E-state index in [9.17, 15) is 4.79 Å². The molecule has 0 spiro atoms. The number of carbonyl (C=O) groups excluding carboxylic acids is 1. The van der Waals surface area contributed by atoms with Crippen molar-refractivity contribution in [1.29, 1.82) is 0 Å². The number of methoxy groups -OCH3 is 1. The largest absolute Gasteiger partial charge is 0.495 e. The number of nitrogens with zero attached hydrogens (tertiary/aromatic N) is 3. The molecule has 1 saturated heterocycles. The lowest BCUT2D eigenvalue weighted by Gasteiger charge is -2.36. The van der Waals surface area contributed by atoms with Gasteiger partial charge in [-0.15, -0.1) is 0 Å². The third-order valence-electron chi connectivity index (χ3n) is 5.67. The second-order valence-corrected chi connectivity index (χ2v) is 8.32. The highest BCUT2D eigenvalue weighted by Crippen LogP contribution is 2.28. The zero-order valence-electron chi connectivity index (χ0n) is 18.6. The van der Waals surface area contributed by atoms with Crippen LogP contribution in [0.25, 0.3) is 0 Å². The molecular weight excluding hydrogens is 436 g/mol. The molecule has 7 heteroatoms. The molecule has 3 aromatic rings. The topological polar surface area (TPSA) is 57.2 Å². The predicted molar refractivity (Wildman–Crippen MR) is 133 cm³/mol. The third-order valence-corrected chi connectivity index (χ3v) is 5.92. The van der Waals surface area contributed by atoms with Gasteiger partial charge in [0.05, 0.1) is 19.0 Å². The van der Waals surface area contributed by atoms with Crippen molar-refractivity contribution in [2.24, 2.45) is 5.10 Å². The fraction of sp³-hybridized carbons (Fsp3) is 0.231. The minimum atomic E-state index is -0.239. The van der Waals surface area contributed by atoms with E-state index < -0.39 is 0 Å². The van der Waals surface area contributed by atoms with E-state index in [0.717, 1.165) is 49.7 Å². The van der Waals surface area contributed by atoms with Gasteiger partial charge in [-0.05, 0) is 47.5 Å². The van der Waals surface area contributed by atoms with Gasteiger partial charge in [0.1, 0.15) is 5.75 Å². The van der Waals surface area contributed by atoms with Gasteiger partial charge < -0.3 is 9.64 Å². The van der Waals surface area contributed by atoms with Crippen molar-refractivity contribution in [1.82, 2.24) is 10.3 Å². The second kappa shape index (κ2) is 11.0. The van der Waals surface area contributed by atoms with E-state index >= 15 is 0 Å². The van der Waals surface area contributed by atoms with Crippen LogP contribution in [0.1, 0.15) is 21.5 Å². The summed E-state index contributed by atoms with van der Waals surface area (Å²) in [6.07, 6.45) is 1.59. The molecule has 0 aromatic heterocycles. The molecular formula is C26H27ClN4O2. The van der Waals surface area contributed by atoms with Crippen LogP contribution in [0, 0.1) is 0 Å². The summed E-state index contributed by atoms with van der Waals surface area (Å²) in [5, 5.41) is 4.68. The monoisotopic (exact) mass is 462 g/mol. The minimum Gasteiger partial charge on any atom is -0.495 e.